The van der Waals surface area contributed by atoms with Crippen LogP contribution in [-0.4, -0.2) is 39.1 Å². The summed E-state index contributed by atoms with van der Waals surface area (Å²) in [7, 11) is 0. The van der Waals surface area contributed by atoms with E-state index in [9.17, 15) is 14.4 Å². The van der Waals surface area contributed by atoms with Crippen molar-refractivity contribution in [3.63, 3.8) is 0 Å². The largest absolute Gasteiger partial charge is 0.337 e. The third kappa shape index (κ3) is 9.11. The van der Waals surface area contributed by atoms with Gasteiger partial charge in [-0.1, -0.05) is 109 Å². The van der Waals surface area contributed by atoms with Gasteiger partial charge in [-0.15, -0.1) is 0 Å². The first-order valence-corrected chi connectivity index (χ1v) is 17.9. The quantitative estimate of drug-likeness (QED) is 0.171. The molecule has 0 N–H and O–H groups in total. The Kier molecular flexibility index (Phi) is 11.8. The van der Waals surface area contributed by atoms with Gasteiger partial charge in [0, 0.05) is 41.1 Å². The van der Waals surface area contributed by atoms with Crippen molar-refractivity contribution in [2.75, 3.05) is 0 Å². The standard InChI is InChI=1S/C21H18N4O2.C20H16N4O2.C2H6/c1-14-7-9-16(10-8-14)18-11-12-20(26)25(23-18)13-19-22-21(24-27-19)17-6-4-3-5-15(17)2;1-14-5-7-15(8-6-14)17-9-10-19(25)24(22-17)13-16-12-20(26)23-11-3-2-4-18(23)21-16;1-2/h3-12H,13H2,1-2H3;2-12H,13H2,1H3;1-2H3. The topological polar surface area (TPSA) is 143 Å². The van der Waals surface area contributed by atoms with Crippen molar-refractivity contribution in [3.8, 4) is 33.9 Å². The number of nitrogens with zero attached hydrogens (tertiary/aromatic N) is 8. The number of hydrogen-bond donors (Lipinski definition) is 0. The highest BCUT2D eigenvalue weighted by atomic mass is 16.5. The molecule has 0 atom stereocenters. The first kappa shape index (κ1) is 37.7. The van der Waals surface area contributed by atoms with Gasteiger partial charge >= 0.3 is 0 Å². The smallest absolute Gasteiger partial charge is 0.267 e. The zero-order valence-electron chi connectivity index (χ0n) is 31.2. The van der Waals surface area contributed by atoms with Crippen molar-refractivity contribution in [1.82, 2.24) is 39.1 Å². The zero-order chi connectivity index (χ0) is 38.9. The fourth-order valence-corrected chi connectivity index (χ4v) is 5.60. The molecule has 3 aromatic carbocycles. The molecule has 0 fully saturated rings. The fraction of sp³-hybridized carbons (Fsp3) is 0.163. The highest BCUT2D eigenvalue weighted by molar-refractivity contribution is 5.60. The maximum Gasteiger partial charge on any atom is 0.267 e. The molecule has 5 aromatic heterocycles. The van der Waals surface area contributed by atoms with E-state index in [0.717, 1.165) is 27.8 Å². The molecule has 0 saturated heterocycles. The molecule has 0 radical (unpaired) electrons. The van der Waals surface area contributed by atoms with Gasteiger partial charge in [-0.25, -0.2) is 14.3 Å². The predicted octanol–water partition coefficient (Wildman–Crippen LogP) is 6.93. The SMILES string of the molecule is CC.Cc1ccc(-c2ccc(=O)n(Cc3cc(=O)n4ccccc4n3)n2)cc1.Cc1ccc(-c2ccc(=O)n(Cc3nc(-c4ccccc4C)no3)n2)cc1. The summed E-state index contributed by atoms with van der Waals surface area (Å²) in [6, 6.07) is 36.9. The number of rotatable bonds is 7. The Morgan fingerprint density at radius 1 is 0.582 bits per heavy atom. The summed E-state index contributed by atoms with van der Waals surface area (Å²) in [5, 5.41) is 12.9. The van der Waals surface area contributed by atoms with Gasteiger partial charge in [0.05, 0.1) is 23.6 Å². The van der Waals surface area contributed by atoms with E-state index in [1.54, 1.807) is 30.5 Å². The number of fused-ring (bicyclic) bond motifs is 1. The van der Waals surface area contributed by atoms with Crippen molar-refractivity contribution in [1.29, 1.82) is 0 Å². The van der Waals surface area contributed by atoms with Crippen molar-refractivity contribution in [2.24, 2.45) is 0 Å². The lowest BCUT2D eigenvalue weighted by molar-refractivity contribution is 0.363. The van der Waals surface area contributed by atoms with Crippen molar-refractivity contribution in [3.05, 3.63) is 187 Å². The third-order valence-corrected chi connectivity index (χ3v) is 8.50. The third-order valence-electron chi connectivity index (χ3n) is 8.50. The van der Waals surface area contributed by atoms with Gasteiger partial charge < -0.3 is 4.52 Å². The summed E-state index contributed by atoms with van der Waals surface area (Å²) < 4.78 is 9.46. The van der Waals surface area contributed by atoms with Crippen LogP contribution in [0, 0.1) is 20.8 Å². The summed E-state index contributed by atoms with van der Waals surface area (Å²) in [4.78, 5) is 45.5. The molecule has 0 aliphatic carbocycles. The molecule has 55 heavy (non-hydrogen) atoms. The summed E-state index contributed by atoms with van der Waals surface area (Å²) in [5.41, 5.74) is 7.96. The van der Waals surface area contributed by atoms with Crippen molar-refractivity contribution >= 4 is 5.65 Å². The number of benzene rings is 3. The van der Waals surface area contributed by atoms with Gasteiger partial charge in [0.15, 0.2) is 0 Å². The molecule has 0 amide bonds. The molecule has 0 saturated carbocycles. The molecule has 8 rings (SSSR count). The number of hydrogen-bond acceptors (Lipinski definition) is 9. The Morgan fingerprint density at radius 3 is 1.75 bits per heavy atom. The Labute approximate surface area is 317 Å². The zero-order valence-corrected chi connectivity index (χ0v) is 31.2. The van der Waals surface area contributed by atoms with Gasteiger partial charge in [0.2, 0.25) is 11.7 Å². The molecule has 12 heteroatoms. The maximum absolute atomic E-state index is 12.2. The Bertz CT molecular complexity index is 2730. The van der Waals surface area contributed by atoms with Gasteiger partial charge in [-0.2, -0.15) is 15.2 Å². The Hall–Kier alpha value is -7.08. The average Bonchev–Trinajstić information content (AvgIpc) is 3.67. The molecule has 5 heterocycles. The highest BCUT2D eigenvalue weighted by Crippen LogP contribution is 2.21. The van der Waals surface area contributed by atoms with Crippen LogP contribution in [-0.2, 0) is 13.1 Å². The number of aromatic nitrogens is 8. The highest BCUT2D eigenvalue weighted by Gasteiger charge is 2.13. The lowest BCUT2D eigenvalue weighted by atomic mass is 10.1. The normalized spacial score (nSPS) is 10.6. The monoisotopic (exact) mass is 732 g/mol. The van der Waals surface area contributed by atoms with Gasteiger partial charge in [-0.05, 0) is 50.6 Å². The lowest BCUT2D eigenvalue weighted by Gasteiger charge is -2.08. The van der Waals surface area contributed by atoms with E-state index >= 15 is 0 Å². The molecule has 0 aliphatic rings. The van der Waals surface area contributed by atoms with E-state index in [-0.39, 0.29) is 29.8 Å². The van der Waals surface area contributed by atoms with Crippen LogP contribution in [0.3, 0.4) is 0 Å². The lowest BCUT2D eigenvalue weighted by Crippen LogP contribution is -2.25. The predicted molar refractivity (Wildman–Crippen MR) is 213 cm³/mol. The second kappa shape index (κ2) is 17.2. The second-order valence-electron chi connectivity index (χ2n) is 12.5. The minimum Gasteiger partial charge on any atom is -0.337 e. The average molecular weight is 733 g/mol. The van der Waals surface area contributed by atoms with Crippen LogP contribution in [0.4, 0.5) is 0 Å². The molecule has 276 valence electrons. The molecule has 12 nitrogen and oxygen atoms in total. The number of pyridine rings is 1. The minimum absolute atomic E-state index is 0.122. The summed E-state index contributed by atoms with van der Waals surface area (Å²) in [5.74, 6) is 0.842. The van der Waals surface area contributed by atoms with Crippen LogP contribution in [0.1, 0.15) is 42.1 Å². The van der Waals surface area contributed by atoms with E-state index in [0.29, 0.717) is 34.4 Å². The van der Waals surface area contributed by atoms with E-state index in [1.165, 1.54) is 37.5 Å². The van der Waals surface area contributed by atoms with E-state index in [4.69, 9.17) is 4.52 Å². The van der Waals surface area contributed by atoms with E-state index < -0.39 is 0 Å². The molecule has 0 unspecified atom stereocenters. The first-order valence-electron chi connectivity index (χ1n) is 17.9. The minimum atomic E-state index is -0.240. The van der Waals surface area contributed by atoms with Crippen LogP contribution < -0.4 is 16.7 Å². The van der Waals surface area contributed by atoms with Gasteiger partial charge in [0.1, 0.15) is 12.2 Å². The van der Waals surface area contributed by atoms with Gasteiger partial charge in [0.25, 0.3) is 16.7 Å². The molecule has 0 aliphatic heterocycles. The van der Waals surface area contributed by atoms with Crippen molar-refractivity contribution < 1.29 is 4.52 Å². The van der Waals surface area contributed by atoms with Crippen LogP contribution in [0.5, 0.6) is 0 Å². The van der Waals surface area contributed by atoms with Crippen LogP contribution in [0.25, 0.3) is 39.5 Å². The van der Waals surface area contributed by atoms with E-state index in [2.05, 4.69) is 25.3 Å². The molecular weight excluding hydrogens is 693 g/mol. The summed E-state index contributed by atoms with van der Waals surface area (Å²) >= 11 is 0. The van der Waals surface area contributed by atoms with Crippen LogP contribution in [0.2, 0.25) is 0 Å². The summed E-state index contributed by atoms with van der Waals surface area (Å²) in [6.45, 7) is 10.3. The first-order chi connectivity index (χ1) is 26.7. The fourth-order valence-electron chi connectivity index (χ4n) is 5.60. The second-order valence-corrected chi connectivity index (χ2v) is 12.5. The van der Waals surface area contributed by atoms with Crippen molar-refractivity contribution in [2.45, 2.75) is 47.7 Å². The Balaban J connectivity index is 0.000000179. The molecule has 0 spiro atoms. The molecular formula is C43H40N8O4. The molecule has 0 bridgehead atoms. The maximum atomic E-state index is 12.2. The molecule has 8 aromatic rings. The Morgan fingerprint density at radius 2 is 1.15 bits per heavy atom. The van der Waals surface area contributed by atoms with E-state index in [1.807, 2.05) is 113 Å². The van der Waals surface area contributed by atoms with Crippen LogP contribution in [0.15, 0.2) is 146 Å². The number of aryl methyl sites for hydroxylation is 3. The van der Waals surface area contributed by atoms with Crippen LogP contribution >= 0.6 is 0 Å². The summed E-state index contributed by atoms with van der Waals surface area (Å²) in [6.07, 6.45) is 1.66. The van der Waals surface area contributed by atoms with Gasteiger partial charge in [-0.3, -0.25) is 18.8 Å².